The van der Waals surface area contributed by atoms with Crippen LogP contribution in [0.15, 0.2) is 78.9 Å². The Morgan fingerprint density at radius 1 is 0.791 bits per heavy atom. The lowest BCUT2D eigenvalue weighted by molar-refractivity contribution is 0.0547. The first kappa shape index (κ1) is 30.8. The number of nitrogens with zero attached hydrogens (tertiary/aromatic N) is 5. The lowest BCUT2D eigenvalue weighted by Crippen LogP contribution is -2.48. The molecule has 226 valence electrons. The minimum Gasteiger partial charge on any atom is -0.378 e. The van der Waals surface area contributed by atoms with Crippen LogP contribution in [-0.2, 0) is 9.47 Å². The van der Waals surface area contributed by atoms with Crippen molar-refractivity contribution in [2.45, 2.75) is 13.0 Å². The van der Waals surface area contributed by atoms with Gasteiger partial charge in [0.1, 0.15) is 0 Å². The van der Waals surface area contributed by atoms with Gasteiger partial charge in [-0.15, -0.1) is 0 Å². The summed E-state index contributed by atoms with van der Waals surface area (Å²) in [4.78, 5) is 19.2. The van der Waals surface area contributed by atoms with Crippen molar-refractivity contribution >= 4 is 23.5 Å². The molecule has 3 N–H and O–H groups in total. The second-order valence-electron chi connectivity index (χ2n) is 10.5. The van der Waals surface area contributed by atoms with Gasteiger partial charge >= 0.3 is 0 Å². The van der Waals surface area contributed by atoms with E-state index >= 15 is 0 Å². The van der Waals surface area contributed by atoms with Gasteiger partial charge in [0.25, 0.3) is 0 Å². The minimum atomic E-state index is 0.139. The van der Waals surface area contributed by atoms with Gasteiger partial charge in [-0.25, -0.2) is 0 Å². The third-order valence-electron chi connectivity index (χ3n) is 7.36. The van der Waals surface area contributed by atoms with Crippen LogP contribution in [0.2, 0.25) is 5.02 Å². The first-order chi connectivity index (χ1) is 21.1. The SMILES string of the molecule is Cc1ccc(-c2nc(NCCOCCOCCN)nc(N3CCN(C(c4ccccc4)c4ccc(Cl)cc4)CC3)n2)cc1. The summed E-state index contributed by atoms with van der Waals surface area (Å²) in [5, 5.41) is 4.07. The number of hydrogen-bond donors (Lipinski definition) is 2. The predicted molar refractivity (Wildman–Crippen MR) is 173 cm³/mol. The quantitative estimate of drug-likeness (QED) is 0.197. The predicted octanol–water partition coefficient (Wildman–Crippen LogP) is 4.82. The summed E-state index contributed by atoms with van der Waals surface area (Å²) in [5.41, 5.74) is 10.1. The summed E-state index contributed by atoms with van der Waals surface area (Å²) in [6.45, 7) is 8.55. The van der Waals surface area contributed by atoms with Crippen LogP contribution in [0.4, 0.5) is 11.9 Å². The lowest BCUT2D eigenvalue weighted by atomic mass is 9.96. The zero-order chi connectivity index (χ0) is 29.9. The van der Waals surface area contributed by atoms with Crippen LogP contribution in [0.1, 0.15) is 22.7 Å². The summed E-state index contributed by atoms with van der Waals surface area (Å²) < 4.78 is 11.0. The summed E-state index contributed by atoms with van der Waals surface area (Å²) in [6, 6.07) is 27.2. The van der Waals surface area contributed by atoms with Crippen molar-refractivity contribution in [2.75, 3.05) is 75.9 Å². The molecule has 3 aromatic carbocycles. The van der Waals surface area contributed by atoms with E-state index < -0.39 is 0 Å². The van der Waals surface area contributed by atoms with Crippen LogP contribution >= 0.6 is 11.6 Å². The van der Waals surface area contributed by atoms with Gasteiger partial charge in [0.05, 0.1) is 32.5 Å². The fourth-order valence-electron chi connectivity index (χ4n) is 5.13. The number of benzene rings is 3. The van der Waals surface area contributed by atoms with Gasteiger partial charge in [-0.3, -0.25) is 4.90 Å². The molecule has 4 aromatic rings. The van der Waals surface area contributed by atoms with E-state index in [1.165, 1.54) is 16.7 Å². The Labute approximate surface area is 259 Å². The van der Waals surface area contributed by atoms with Gasteiger partial charge in [0.15, 0.2) is 5.82 Å². The fraction of sp³-hybridized carbons (Fsp3) is 0.364. The summed E-state index contributed by atoms with van der Waals surface area (Å²) in [5.74, 6) is 1.86. The Morgan fingerprint density at radius 3 is 2.16 bits per heavy atom. The molecular formula is C33H40ClN7O2. The second-order valence-corrected chi connectivity index (χ2v) is 10.9. The van der Waals surface area contributed by atoms with Crippen molar-refractivity contribution in [1.82, 2.24) is 19.9 Å². The van der Waals surface area contributed by atoms with Crippen molar-refractivity contribution in [1.29, 1.82) is 0 Å². The number of aryl methyl sites for hydroxylation is 1. The molecule has 1 aliphatic rings. The maximum atomic E-state index is 6.22. The molecule has 0 bridgehead atoms. The van der Waals surface area contributed by atoms with E-state index in [9.17, 15) is 0 Å². The third-order valence-corrected chi connectivity index (χ3v) is 7.61. The topological polar surface area (TPSA) is 102 Å². The highest BCUT2D eigenvalue weighted by molar-refractivity contribution is 6.30. The first-order valence-corrected chi connectivity index (χ1v) is 15.2. The summed E-state index contributed by atoms with van der Waals surface area (Å²) in [6.07, 6.45) is 0. The van der Waals surface area contributed by atoms with E-state index in [1.54, 1.807) is 0 Å². The molecule has 9 nitrogen and oxygen atoms in total. The molecule has 0 amide bonds. The van der Waals surface area contributed by atoms with Crippen LogP contribution in [-0.4, -0.2) is 85.5 Å². The largest absolute Gasteiger partial charge is 0.378 e. The van der Waals surface area contributed by atoms with Gasteiger partial charge in [0, 0.05) is 49.9 Å². The highest BCUT2D eigenvalue weighted by Crippen LogP contribution is 2.31. The van der Waals surface area contributed by atoms with E-state index in [-0.39, 0.29) is 6.04 Å². The number of piperazine rings is 1. The van der Waals surface area contributed by atoms with Gasteiger partial charge < -0.3 is 25.4 Å². The summed E-state index contributed by atoms with van der Waals surface area (Å²) in [7, 11) is 0. The average Bonchev–Trinajstić information content (AvgIpc) is 3.04. The lowest BCUT2D eigenvalue weighted by Gasteiger charge is -2.39. The highest BCUT2D eigenvalue weighted by atomic mass is 35.5. The molecule has 2 heterocycles. The van der Waals surface area contributed by atoms with E-state index in [4.69, 9.17) is 41.8 Å². The van der Waals surface area contributed by atoms with Crippen LogP contribution in [0.3, 0.4) is 0 Å². The molecule has 1 fully saturated rings. The number of halogens is 1. The number of ether oxygens (including phenoxy) is 2. The van der Waals surface area contributed by atoms with Crippen LogP contribution < -0.4 is 16.0 Å². The van der Waals surface area contributed by atoms with Gasteiger partial charge in [-0.2, -0.15) is 15.0 Å². The Balaban J connectivity index is 1.29. The zero-order valence-electron chi connectivity index (χ0n) is 24.7. The van der Waals surface area contributed by atoms with Crippen LogP contribution in [0.5, 0.6) is 0 Å². The molecule has 5 rings (SSSR count). The Kier molecular flexibility index (Phi) is 11.3. The Morgan fingerprint density at radius 2 is 1.47 bits per heavy atom. The number of hydrogen-bond acceptors (Lipinski definition) is 9. The van der Waals surface area contributed by atoms with E-state index in [1.807, 2.05) is 12.1 Å². The zero-order valence-corrected chi connectivity index (χ0v) is 25.4. The van der Waals surface area contributed by atoms with E-state index in [2.05, 4.69) is 88.8 Å². The molecule has 10 heteroatoms. The highest BCUT2D eigenvalue weighted by Gasteiger charge is 2.28. The molecule has 43 heavy (non-hydrogen) atoms. The number of nitrogens with one attached hydrogen (secondary N) is 1. The van der Waals surface area contributed by atoms with Crippen LogP contribution in [0.25, 0.3) is 11.4 Å². The molecule has 0 aliphatic carbocycles. The Bertz CT molecular complexity index is 1400. The van der Waals surface area contributed by atoms with Crippen molar-refractivity contribution in [3.63, 3.8) is 0 Å². The molecule has 1 saturated heterocycles. The maximum absolute atomic E-state index is 6.22. The van der Waals surface area contributed by atoms with Crippen LogP contribution in [0, 0.1) is 6.92 Å². The number of nitrogens with two attached hydrogens (primary N) is 1. The third kappa shape index (κ3) is 8.72. The van der Waals surface area contributed by atoms with Gasteiger partial charge in [0.2, 0.25) is 11.9 Å². The molecule has 1 aliphatic heterocycles. The minimum absolute atomic E-state index is 0.139. The van der Waals surface area contributed by atoms with E-state index in [0.717, 1.165) is 36.8 Å². The standard InChI is InChI=1S/C33H40ClN7O2/c1-25-7-9-28(10-8-25)31-37-32(36-16-22-43-24-23-42-21-15-35)39-33(38-31)41-19-17-40(18-20-41)30(26-5-3-2-4-6-26)27-11-13-29(34)14-12-27/h2-14,30H,15-24,35H2,1H3,(H,36,37,38,39). The molecular weight excluding hydrogens is 562 g/mol. The number of aromatic nitrogens is 3. The average molecular weight is 602 g/mol. The fourth-order valence-corrected chi connectivity index (χ4v) is 5.26. The van der Waals surface area contributed by atoms with Gasteiger partial charge in [-0.05, 0) is 30.2 Å². The van der Waals surface area contributed by atoms with Crippen molar-refractivity contribution < 1.29 is 9.47 Å². The monoisotopic (exact) mass is 601 g/mol. The molecule has 0 spiro atoms. The molecule has 1 aromatic heterocycles. The summed E-state index contributed by atoms with van der Waals surface area (Å²) >= 11 is 6.22. The number of rotatable bonds is 14. The first-order valence-electron chi connectivity index (χ1n) is 14.8. The smallest absolute Gasteiger partial charge is 0.230 e. The molecule has 1 unspecified atom stereocenters. The maximum Gasteiger partial charge on any atom is 0.230 e. The molecule has 0 radical (unpaired) electrons. The van der Waals surface area contributed by atoms with Crippen molar-refractivity contribution in [3.05, 3.63) is 101 Å². The van der Waals surface area contributed by atoms with Gasteiger partial charge in [-0.1, -0.05) is 83.9 Å². The number of anilines is 2. The van der Waals surface area contributed by atoms with E-state index in [0.29, 0.717) is 57.2 Å². The van der Waals surface area contributed by atoms with Crippen molar-refractivity contribution in [2.24, 2.45) is 5.73 Å². The second kappa shape index (κ2) is 15.7. The molecule has 0 saturated carbocycles. The Hall–Kier alpha value is -3.60. The molecule has 1 atom stereocenters. The van der Waals surface area contributed by atoms with Crippen molar-refractivity contribution in [3.8, 4) is 11.4 Å². The normalized spacial score (nSPS) is 14.5.